The van der Waals surface area contributed by atoms with Crippen LogP contribution in [0.2, 0.25) is 0 Å². The minimum Gasteiger partial charge on any atom is -0.336 e. The maximum Gasteiger partial charge on any atom is 0.324 e. The zero-order valence-corrected chi connectivity index (χ0v) is 12.7. The van der Waals surface area contributed by atoms with Crippen LogP contribution in [0.3, 0.4) is 0 Å². The van der Waals surface area contributed by atoms with Gasteiger partial charge in [-0.1, -0.05) is 23.9 Å². The van der Waals surface area contributed by atoms with Crippen molar-refractivity contribution in [2.24, 2.45) is 7.05 Å². The highest BCUT2D eigenvalue weighted by Gasteiger charge is 2.26. The number of fused-ring (bicyclic) bond motifs is 1. The first kappa shape index (κ1) is 14.6. The second kappa shape index (κ2) is 5.80. The molecule has 1 N–H and O–H groups in total. The fourth-order valence-corrected chi connectivity index (χ4v) is 3.09. The van der Waals surface area contributed by atoms with Gasteiger partial charge in [-0.25, -0.2) is 9.78 Å². The molecule has 3 amide bonds. The number of thioether (sulfide) groups is 1. The van der Waals surface area contributed by atoms with Crippen molar-refractivity contribution in [3.8, 4) is 0 Å². The van der Waals surface area contributed by atoms with Crippen molar-refractivity contribution in [2.75, 3.05) is 18.8 Å². The van der Waals surface area contributed by atoms with Gasteiger partial charge in [0.2, 0.25) is 5.91 Å². The topological polar surface area (TPSA) is 84.3 Å². The van der Waals surface area contributed by atoms with Gasteiger partial charge in [-0.15, -0.1) is 0 Å². The van der Waals surface area contributed by atoms with Gasteiger partial charge < -0.3 is 5.32 Å². The van der Waals surface area contributed by atoms with Crippen LogP contribution in [-0.4, -0.2) is 45.2 Å². The van der Waals surface area contributed by atoms with Crippen LogP contribution in [0.25, 0.3) is 10.9 Å². The molecule has 0 radical (unpaired) electrons. The van der Waals surface area contributed by atoms with Crippen molar-refractivity contribution in [3.63, 3.8) is 0 Å². The van der Waals surface area contributed by atoms with Gasteiger partial charge in [0, 0.05) is 20.1 Å². The van der Waals surface area contributed by atoms with Gasteiger partial charge in [-0.3, -0.25) is 19.1 Å². The van der Waals surface area contributed by atoms with Crippen LogP contribution in [0.4, 0.5) is 4.79 Å². The number of carbonyl (C=O) groups excluding carboxylic acids is 2. The van der Waals surface area contributed by atoms with Crippen LogP contribution in [0.15, 0.2) is 34.2 Å². The number of para-hydroxylation sites is 1. The van der Waals surface area contributed by atoms with Crippen molar-refractivity contribution in [1.82, 2.24) is 19.8 Å². The van der Waals surface area contributed by atoms with Gasteiger partial charge in [0.25, 0.3) is 5.56 Å². The summed E-state index contributed by atoms with van der Waals surface area (Å²) in [5.41, 5.74) is 0.443. The van der Waals surface area contributed by atoms with Crippen LogP contribution in [0.5, 0.6) is 0 Å². The van der Waals surface area contributed by atoms with Gasteiger partial charge in [-0.05, 0) is 12.1 Å². The quantitative estimate of drug-likeness (QED) is 0.661. The molecule has 0 aliphatic carbocycles. The molecule has 0 atom stereocenters. The molecule has 2 aromatic rings. The molecule has 1 saturated heterocycles. The largest absolute Gasteiger partial charge is 0.336 e. The summed E-state index contributed by atoms with van der Waals surface area (Å²) in [4.78, 5) is 41.3. The first-order chi connectivity index (χ1) is 10.6. The number of carbonyl (C=O) groups is 2. The molecule has 1 aromatic heterocycles. The molecule has 0 unspecified atom stereocenters. The number of urea groups is 1. The summed E-state index contributed by atoms with van der Waals surface area (Å²) in [5, 5.41) is 3.58. The van der Waals surface area contributed by atoms with Crippen LogP contribution in [-0.2, 0) is 11.8 Å². The molecule has 0 saturated carbocycles. The number of rotatable bonds is 3. The molecule has 2 heterocycles. The number of aromatic nitrogens is 2. The van der Waals surface area contributed by atoms with Gasteiger partial charge in [0.15, 0.2) is 5.16 Å². The van der Waals surface area contributed by atoms with E-state index in [1.165, 1.54) is 9.47 Å². The van der Waals surface area contributed by atoms with E-state index in [0.717, 1.165) is 11.8 Å². The number of amides is 3. The Morgan fingerprint density at radius 1 is 1.36 bits per heavy atom. The second-order valence-corrected chi connectivity index (χ2v) is 5.78. The summed E-state index contributed by atoms with van der Waals surface area (Å²) in [6.07, 6.45) is 0. The van der Waals surface area contributed by atoms with Gasteiger partial charge in [-0.2, -0.15) is 0 Å². The number of nitrogens with one attached hydrogen (secondary N) is 1. The summed E-state index contributed by atoms with van der Waals surface area (Å²) < 4.78 is 1.42. The Morgan fingerprint density at radius 2 is 2.14 bits per heavy atom. The number of benzene rings is 1. The Kier molecular flexibility index (Phi) is 3.84. The molecule has 7 nitrogen and oxygen atoms in total. The standard InChI is InChI=1S/C14H14N4O3S/c1-17-12(20)9-4-2-3-5-10(9)16-14(17)22-8-11(19)18-7-6-15-13(18)21/h2-5H,6-8H2,1H3,(H,15,21). The van der Waals surface area contributed by atoms with Crippen LogP contribution in [0.1, 0.15) is 0 Å². The molecule has 0 bridgehead atoms. The number of imide groups is 1. The summed E-state index contributed by atoms with van der Waals surface area (Å²) in [6, 6.07) is 6.71. The number of hydrogen-bond donors (Lipinski definition) is 1. The van der Waals surface area contributed by atoms with E-state index in [0.29, 0.717) is 29.1 Å². The molecule has 8 heteroatoms. The molecule has 114 valence electrons. The maximum atomic E-state index is 12.3. The summed E-state index contributed by atoms with van der Waals surface area (Å²) >= 11 is 1.15. The average Bonchev–Trinajstić information content (AvgIpc) is 2.95. The Hall–Kier alpha value is -2.35. The Balaban J connectivity index is 1.82. The monoisotopic (exact) mass is 318 g/mol. The minimum atomic E-state index is -0.369. The SMILES string of the molecule is Cn1c(SCC(=O)N2CCNC2=O)nc2ccccc2c1=O. The van der Waals surface area contributed by atoms with Crippen molar-refractivity contribution < 1.29 is 9.59 Å². The summed E-state index contributed by atoms with van der Waals surface area (Å²) in [6.45, 7) is 0.851. The number of hydrogen-bond acceptors (Lipinski definition) is 5. The lowest BCUT2D eigenvalue weighted by Crippen LogP contribution is -2.35. The van der Waals surface area contributed by atoms with Crippen LogP contribution in [0, 0.1) is 0 Å². The Bertz CT molecular complexity index is 817. The van der Waals surface area contributed by atoms with E-state index in [-0.39, 0.29) is 23.3 Å². The van der Waals surface area contributed by atoms with Gasteiger partial charge in [0.1, 0.15) is 0 Å². The minimum absolute atomic E-state index is 0.0615. The lowest BCUT2D eigenvalue weighted by Gasteiger charge is -2.12. The zero-order valence-electron chi connectivity index (χ0n) is 11.9. The first-order valence-corrected chi connectivity index (χ1v) is 7.73. The zero-order chi connectivity index (χ0) is 15.7. The normalized spacial score (nSPS) is 14.4. The molecule has 0 spiro atoms. The molecule has 1 aromatic carbocycles. The third-order valence-corrected chi connectivity index (χ3v) is 4.44. The predicted molar refractivity (Wildman–Crippen MR) is 82.8 cm³/mol. The summed E-state index contributed by atoms with van der Waals surface area (Å²) in [5.74, 6) is -0.228. The smallest absolute Gasteiger partial charge is 0.324 e. The fraction of sp³-hybridized carbons (Fsp3) is 0.286. The van der Waals surface area contributed by atoms with E-state index in [2.05, 4.69) is 10.3 Å². The van der Waals surface area contributed by atoms with E-state index in [4.69, 9.17) is 0 Å². The van der Waals surface area contributed by atoms with E-state index < -0.39 is 0 Å². The second-order valence-electron chi connectivity index (χ2n) is 4.84. The Morgan fingerprint density at radius 3 is 2.86 bits per heavy atom. The molecule has 22 heavy (non-hydrogen) atoms. The van der Waals surface area contributed by atoms with Crippen LogP contribution >= 0.6 is 11.8 Å². The third-order valence-electron chi connectivity index (χ3n) is 3.42. The van der Waals surface area contributed by atoms with E-state index >= 15 is 0 Å². The third kappa shape index (κ3) is 2.57. The van der Waals surface area contributed by atoms with Crippen molar-refractivity contribution in [3.05, 3.63) is 34.6 Å². The highest BCUT2D eigenvalue weighted by atomic mass is 32.2. The molecular formula is C14H14N4O3S. The van der Waals surface area contributed by atoms with Gasteiger partial charge in [0.05, 0.1) is 16.7 Å². The maximum absolute atomic E-state index is 12.3. The molecular weight excluding hydrogens is 304 g/mol. The van der Waals surface area contributed by atoms with Gasteiger partial charge >= 0.3 is 6.03 Å². The van der Waals surface area contributed by atoms with E-state index in [1.54, 1.807) is 25.2 Å². The van der Waals surface area contributed by atoms with Crippen molar-refractivity contribution >= 4 is 34.6 Å². The molecule has 1 fully saturated rings. The average molecular weight is 318 g/mol. The molecule has 1 aliphatic rings. The highest BCUT2D eigenvalue weighted by molar-refractivity contribution is 7.99. The lowest BCUT2D eigenvalue weighted by atomic mass is 10.2. The number of nitrogens with zero attached hydrogens (tertiary/aromatic N) is 3. The molecule has 3 rings (SSSR count). The first-order valence-electron chi connectivity index (χ1n) is 6.74. The Labute approximate surface area is 130 Å². The highest BCUT2D eigenvalue weighted by Crippen LogP contribution is 2.17. The van der Waals surface area contributed by atoms with Crippen molar-refractivity contribution in [2.45, 2.75) is 5.16 Å². The van der Waals surface area contributed by atoms with Crippen molar-refractivity contribution in [1.29, 1.82) is 0 Å². The fourth-order valence-electron chi connectivity index (χ4n) is 2.24. The summed E-state index contributed by atoms with van der Waals surface area (Å²) in [7, 11) is 1.62. The predicted octanol–water partition coefficient (Wildman–Crippen LogP) is 0.577. The van der Waals surface area contributed by atoms with Crippen LogP contribution < -0.4 is 10.9 Å². The molecule has 1 aliphatic heterocycles. The van der Waals surface area contributed by atoms with E-state index in [9.17, 15) is 14.4 Å². The van der Waals surface area contributed by atoms with E-state index in [1.807, 2.05) is 6.07 Å². The lowest BCUT2D eigenvalue weighted by molar-refractivity contribution is -0.124.